The van der Waals surface area contributed by atoms with Crippen LogP contribution < -0.4 is 10.1 Å². The molecule has 0 aliphatic heterocycles. The summed E-state index contributed by atoms with van der Waals surface area (Å²) < 4.78 is 5.58. The van der Waals surface area contributed by atoms with E-state index in [1.807, 2.05) is 43.3 Å². The van der Waals surface area contributed by atoms with Gasteiger partial charge in [0.05, 0.1) is 6.54 Å². The second kappa shape index (κ2) is 7.70. The smallest absolute Gasteiger partial charge is 0.251 e. The van der Waals surface area contributed by atoms with Gasteiger partial charge in [-0.2, -0.15) is 0 Å². The summed E-state index contributed by atoms with van der Waals surface area (Å²) in [5.74, 6) is 1.10. The minimum Gasteiger partial charge on any atom is -0.492 e. The Labute approximate surface area is 129 Å². The average Bonchev–Trinajstić information content (AvgIpc) is 2.51. The molecule has 21 heavy (non-hydrogen) atoms. The Morgan fingerprint density at radius 3 is 2.76 bits per heavy atom. The van der Waals surface area contributed by atoms with Crippen molar-refractivity contribution in [2.45, 2.75) is 12.8 Å². The summed E-state index contributed by atoms with van der Waals surface area (Å²) in [5.41, 5.74) is 2.69. The maximum absolute atomic E-state index is 12.0. The zero-order valence-corrected chi connectivity index (χ0v) is 12.7. The Morgan fingerprint density at radius 2 is 2.00 bits per heavy atom. The molecule has 3 nitrogen and oxygen atoms in total. The minimum atomic E-state index is -0.116. The monoisotopic (exact) mass is 303 g/mol. The fourth-order valence-electron chi connectivity index (χ4n) is 1.94. The van der Waals surface area contributed by atoms with E-state index in [0.29, 0.717) is 24.6 Å². The third kappa shape index (κ3) is 4.80. The molecule has 2 aromatic carbocycles. The van der Waals surface area contributed by atoms with Crippen LogP contribution in [-0.2, 0) is 5.88 Å². The standard InChI is InChI=1S/C17H18ClNO2/c1-13-4-2-7-16(10-13)21-9-8-19-17(20)15-6-3-5-14(11-15)12-18/h2-7,10-11H,8-9,12H2,1H3,(H,19,20). The predicted molar refractivity (Wildman–Crippen MR) is 85.0 cm³/mol. The summed E-state index contributed by atoms with van der Waals surface area (Å²) in [4.78, 5) is 12.0. The molecule has 0 heterocycles. The number of hydrogen-bond acceptors (Lipinski definition) is 2. The molecule has 0 spiro atoms. The van der Waals surface area contributed by atoms with E-state index in [4.69, 9.17) is 16.3 Å². The first-order chi connectivity index (χ1) is 10.2. The predicted octanol–water partition coefficient (Wildman–Crippen LogP) is 3.54. The van der Waals surface area contributed by atoms with Gasteiger partial charge in [-0.3, -0.25) is 4.79 Å². The highest BCUT2D eigenvalue weighted by molar-refractivity contribution is 6.17. The van der Waals surface area contributed by atoms with Crippen molar-refractivity contribution in [1.29, 1.82) is 0 Å². The quantitative estimate of drug-likeness (QED) is 0.655. The van der Waals surface area contributed by atoms with E-state index < -0.39 is 0 Å². The molecule has 0 saturated heterocycles. The maximum atomic E-state index is 12.0. The Morgan fingerprint density at radius 1 is 1.19 bits per heavy atom. The van der Waals surface area contributed by atoms with Crippen molar-refractivity contribution in [3.8, 4) is 5.75 Å². The molecule has 110 valence electrons. The topological polar surface area (TPSA) is 38.3 Å². The van der Waals surface area contributed by atoms with Crippen molar-refractivity contribution < 1.29 is 9.53 Å². The van der Waals surface area contributed by atoms with Crippen LogP contribution in [0.5, 0.6) is 5.75 Å². The number of aryl methyl sites for hydroxylation is 1. The van der Waals surface area contributed by atoms with Crippen LogP contribution in [0, 0.1) is 6.92 Å². The van der Waals surface area contributed by atoms with Gasteiger partial charge in [-0.25, -0.2) is 0 Å². The van der Waals surface area contributed by atoms with Gasteiger partial charge in [-0.05, 0) is 42.3 Å². The van der Waals surface area contributed by atoms with Crippen LogP contribution in [-0.4, -0.2) is 19.1 Å². The fourth-order valence-corrected chi connectivity index (χ4v) is 2.10. The molecule has 0 bridgehead atoms. The number of carbonyl (C=O) groups is 1. The number of benzene rings is 2. The zero-order chi connectivity index (χ0) is 15.1. The highest BCUT2D eigenvalue weighted by Gasteiger charge is 2.05. The van der Waals surface area contributed by atoms with Crippen molar-refractivity contribution in [3.05, 3.63) is 65.2 Å². The lowest BCUT2D eigenvalue weighted by atomic mass is 10.1. The maximum Gasteiger partial charge on any atom is 0.251 e. The summed E-state index contributed by atoms with van der Waals surface area (Å²) in [6, 6.07) is 15.1. The van der Waals surface area contributed by atoms with Crippen LogP contribution in [0.4, 0.5) is 0 Å². The van der Waals surface area contributed by atoms with Gasteiger partial charge in [0.1, 0.15) is 12.4 Å². The second-order valence-electron chi connectivity index (χ2n) is 4.75. The lowest BCUT2D eigenvalue weighted by Crippen LogP contribution is -2.28. The van der Waals surface area contributed by atoms with E-state index in [9.17, 15) is 4.79 Å². The van der Waals surface area contributed by atoms with Gasteiger partial charge in [0, 0.05) is 11.4 Å². The summed E-state index contributed by atoms with van der Waals surface area (Å²) in [6.45, 7) is 2.90. The third-order valence-corrected chi connectivity index (χ3v) is 3.30. The van der Waals surface area contributed by atoms with Crippen molar-refractivity contribution >= 4 is 17.5 Å². The molecule has 0 fully saturated rings. The van der Waals surface area contributed by atoms with E-state index in [0.717, 1.165) is 16.9 Å². The van der Waals surface area contributed by atoms with Gasteiger partial charge in [0.15, 0.2) is 0 Å². The molecule has 1 N–H and O–H groups in total. The van der Waals surface area contributed by atoms with Crippen molar-refractivity contribution in [2.75, 3.05) is 13.2 Å². The number of nitrogens with one attached hydrogen (secondary N) is 1. The summed E-state index contributed by atoms with van der Waals surface area (Å²) in [6.07, 6.45) is 0. The van der Waals surface area contributed by atoms with Crippen LogP contribution in [0.15, 0.2) is 48.5 Å². The van der Waals surface area contributed by atoms with Gasteiger partial charge in [-0.15, -0.1) is 11.6 Å². The highest BCUT2D eigenvalue weighted by atomic mass is 35.5. The van der Waals surface area contributed by atoms with Crippen LogP contribution >= 0.6 is 11.6 Å². The van der Waals surface area contributed by atoms with Gasteiger partial charge in [-0.1, -0.05) is 24.3 Å². The minimum absolute atomic E-state index is 0.116. The number of ether oxygens (including phenoxy) is 1. The van der Waals surface area contributed by atoms with Gasteiger partial charge in [0.25, 0.3) is 5.91 Å². The Bertz CT molecular complexity index is 613. The Kier molecular flexibility index (Phi) is 5.64. The molecule has 0 aromatic heterocycles. The molecular formula is C17H18ClNO2. The first kappa shape index (κ1) is 15.4. The number of alkyl halides is 1. The van der Waals surface area contributed by atoms with E-state index in [2.05, 4.69) is 5.32 Å². The second-order valence-corrected chi connectivity index (χ2v) is 5.02. The largest absolute Gasteiger partial charge is 0.492 e. The molecule has 0 radical (unpaired) electrons. The number of carbonyl (C=O) groups excluding carboxylic acids is 1. The van der Waals surface area contributed by atoms with Gasteiger partial charge in [0.2, 0.25) is 0 Å². The fraction of sp³-hybridized carbons (Fsp3) is 0.235. The lowest BCUT2D eigenvalue weighted by Gasteiger charge is -2.08. The number of halogens is 1. The normalized spacial score (nSPS) is 10.2. The molecule has 2 aromatic rings. The summed E-state index contributed by atoms with van der Waals surface area (Å²) in [5, 5.41) is 2.83. The summed E-state index contributed by atoms with van der Waals surface area (Å²) in [7, 11) is 0. The van der Waals surface area contributed by atoms with Crippen LogP contribution in [0.1, 0.15) is 21.5 Å². The van der Waals surface area contributed by atoms with Crippen molar-refractivity contribution in [2.24, 2.45) is 0 Å². The molecule has 2 rings (SSSR count). The number of hydrogen-bond donors (Lipinski definition) is 1. The van der Waals surface area contributed by atoms with E-state index >= 15 is 0 Å². The van der Waals surface area contributed by atoms with Gasteiger partial charge < -0.3 is 10.1 Å². The number of rotatable bonds is 6. The average molecular weight is 304 g/mol. The van der Waals surface area contributed by atoms with E-state index in [-0.39, 0.29) is 5.91 Å². The molecule has 1 amide bonds. The van der Waals surface area contributed by atoms with Crippen molar-refractivity contribution in [1.82, 2.24) is 5.32 Å². The molecular weight excluding hydrogens is 286 g/mol. The number of amides is 1. The Balaban J connectivity index is 1.79. The van der Waals surface area contributed by atoms with E-state index in [1.165, 1.54) is 0 Å². The van der Waals surface area contributed by atoms with Crippen molar-refractivity contribution in [3.63, 3.8) is 0 Å². The molecule has 0 saturated carbocycles. The molecule has 0 aliphatic rings. The molecule has 0 unspecified atom stereocenters. The van der Waals surface area contributed by atoms with Crippen LogP contribution in [0.25, 0.3) is 0 Å². The van der Waals surface area contributed by atoms with Crippen LogP contribution in [0.2, 0.25) is 0 Å². The molecule has 0 aliphatic carbocycles. The first-order valence-corrected chi connectivity index (χ1v) is 7.35. The first-order valence-electron chi connectivity index (χ1n) is 6.81. The Hall–Kier alpha value is -2.00. The summed E-state index contributed by atoms with van der Waals surface area (Å²) >= 11 is 5.76. The lowest BCUT2D eigenvalue weighted by molar-refractivity contribution is 0.0947. The third-order valence-electron chi connectivity index (χ3n) is 2.99. The molecule has 4 heteroatoms. The SMILES string of the molecule is Cc1cccc(OCCNC(=O)c2cccc(CCl)c2)c1. The van der Waals surface area contributed by atoms with Gasteiger partial charge >= 0.3 is 0 Å². The highest BCUT2D eigenvalue weighted by Crippen LogP contribution is 2.12. The van der Waals surface area contributed by atoms with Crippen LogP contribution in [0.3, 0.4) is 0 Å². The van der Waals surface area contributed by atoms with E-state index in [1.54, 1.807) is 12.1 Å². The zero-order valence-electron chi connectivity index (χ0n) is 11.9. The molecule has 0 atom stereocenters.